The Morgan fingerprint density at radius 3 is 2.74 bits per heavy atom. The maximum absolute atomic E-state index is 9.26. The molecule has 5 nitrogen and oxygen atoms in total. The van der Waals surface area contributed by atoms with Gasteiger partial charge in [0.25, 0.3) is 0 Å². The highest BCUT2D eigenvalue weighted by Crippen LogP contribution is 2.26. The van der Waals surface area contributed by atoms with Gasteiger partial charge in [-0.05, 0) is 25.8 Å². The lowest BCUT2D eigenvalue weighted by molar-refractivity contribution is 0.296. The second kappa shape index (κ2) is 6.25. The normalized spacial score (nSPS) is 15.7. The minimum Gasteiger partial charge on any atom is -0.395 e. The molecule has 0 spiro atoms. The molecule has 104 valence electrons. The predicted octanol–water partition coefficient (Wildman–Crippen LogP) is 1.16. The van der Waals surface area contributed by atoms with Crippen LogP contribution in [0.3, 0.4) is 0 Å². The standard InChI is InChI=1S/C13H20N4OS/c1-9-8-11(12(14)19)16-13(15-9)17(6-7-18)10-4-2-3-5-10/h8,10,18H,2-7H2,1H3,(H2,14,19). The van der Waals surface area contributed by atoms with Crippen LogP contribution < -0.4 is 10.6 Å². The molecule has 0 bridgehead atoms. The van der Waals surface area contributed by atoms with E-state index < -0.39 is 0 Å². The molecular weight excluding hydrogens is 260 g/mol. The van der Waals surface area contributed by atoms with E-state index in [9.17, 15) is 5.11 Å². The molecule has 1 aromatic rings. The molecule has 0 aromatic carbocycles. The molecule has 0 saturated heterocycles. The summed E-state index contributed by atoms with van der Waals surface area (Å²) < 4.78 is 0. The van der Waals surface area contributed by atoms with Crippen molar-refractivity contribution in [3.63, 3.8) is 0 Å². The molecule has 0 amide bonds. The lowest BCUT2D eigenvalue weighted by atomic mass is 10.2. The van der Waals surface area contributed by atoms with Gasteiger partial charge in [0.2, 0.25) is 5.95 Å². The highest BCUT2D eigenvalue weighted by Gasteiger charge is 2.24. The van der Waals surface area contributed by atoms with Crippen LogP contribution in [0.5, 0.6) is 0 Å². The second-order valence-electron chi connectivity index (χ2n) is 4.91. The van der Waals surface area contributed by atoms with E-state index in [0.29, 0.717) is 24.2 Å². The van der Waals surface area contributed by atoms with Crippen LogP contribution in [0.25, 0.3) is 0 Å². The Bertz CT molecular complexity index is 460. The first-order valence-corrected chi connectivity index (χ1v) is 7.05. The summed E-state index contributed by atoms with van der Waals surface area (Å²) in [5.74, 6) is 0.628. The van der Waals surface area contributed by atoms with E-state index in [4.69, 9.17) is 18.0 Å². The van der Waals surface area contributed by atoms with Crippen LogP contribution in [0, 0.1) is 6.92 Å². The zero-order chi connectivity index (χ0) is 13.8. The van der Waals surface area contributed by atoms with Gasteiger partial charge in [0.1, 0.15) is 10.7 Å². The highest BCUT2D eigenvalue weighted by molar-refractivity contribution is 7.80. The number of anilines is 1. The van der Waals surface area contributed by atoms with Crippen molar-refractivity contribution < 1.29 is 5.11 Å². The van der Waals surface area contributed by atoms with E-state index >= 15 is 0 Å². The van der Waals surface area contributed by atoms with Crippen LogP contribution in [0.4, 0.5) is 5.95 Å². The first-order chi connectivity index (χ1) is 9.11. The summed E-state index contributed by atoms with van der Waals surface area (Å²) in [6, 6.07) is 2.20. The van der Waals surface area contributed by atoms with E-state index in [0.717, 1.165) is 18.5 Å². The molecule has 0 aliphatic heterocycles. The van der Waals surface area contributed by atoms with Crippen molar-refractivity contribution in [3.05, 3.63) is 17.5 Å². The largest absolute Gasteiger partial charge is 0.395 e. The Morgan fingerprint density at radius 2 is 2.16 bits per heavy atom. The lowest BCUT2D eigenvalue weighted by Gasteiger charge is -2.28. The number of hydrogen-bond donors (Lipinski definition) is 2. The molecule has 0 radical (unpaired) electrons. The molecule has 1 aliphatic rings. The van der Waals surface area contributed by atoms with Gasteiger partial charge in [0, 0.05) is 18.3 Å². The maximum atomic E-state index is 9.26. The molecule has 1 aliphatic carbocycles. The van der Waals surface area contributed by atoms with E-state index in [-0.39, 0.29) is 11.6 Å². The number of aliphatic hydroxyl groups excluding tert-OH is 1. The van der Waals surface area contributed by atoms with Crippen molar-refractivity contribution in [2.45, 2.75) is 38.6 Å². The average Bonchev–Trinajstić information content (AvgIpc) is 2.88. The third-order valence-electron chi connectivity index (χ3n) is 3.46. The van der Waals surface area contributed by atoms with Crippen molar-refractivity contribution >= 4 is 23.2 Å². The summed E-state index contributed by atoms with van der Waals surface area (Å²) >= 11 is 4.99. The number of rotatable bonds is 5. The summed E-state index contributed by atoms with van der Waals surface area (Å²) in [7, 11) is 0. The van der Waals surface area contributed by atoms with Crippen molar-refractivity contribution in [3.8, 4) is 0 Å². The van der Waals surface area contributed by atoms with E-state index in [1.54, 1.807) is 6.07 Å². The fourth-order valence-corrected chi connectivity index (χ4v) is 2.68. The lowest BCUT2D eigenvalue weighted by Crippen LogP contribution is -2.37. The second-order valence-corrected chi connectivity index (χ2v) is 5.35. The van der Waals surface area contributed by atoms with Crippen molar-refractivity contribution in [2.24, 2.45) is 5.73 Å². The Hall–Kier alpha value is -1.27. The van der Waals surface area contributed by atoms with Crippen LogP contribution in [-0.4, -0.2) is 39.3 Å². The van der Waals surface area contributed by atoms with Crippen LogP contribution >= 0.6 is 12.2 Å². The number of nitrogens with zero attached hydrogens (tertiary/aromatic N) is 3. The summed E-state index contributed by atoms with van der Waals surface area (Å²) in [5.41, 5.74) is 7.09. The molecule has 1 heterocycles. The van der Waals surface area contributed by atoms with E-state index in [2.05, 4.69) is 14.9 Å². The van der Waals surface area contributed by atoms with Crippen LogP contribution in [-0.2, 0) is 0 Å². The fourth-order valence-electron chi connectivity index (χ4n) is 2.58. The Labute approximate surface area is 118 Å². The zero-order valence-corrected chi connectivity index (χ0v) is 12.0. The van der Waals surface area contributed by atoms with Gasteiger partial charge in [0.05, 0.1) is 6.61 Å². The van der Waals surface area contributed by atoms with Crippen LogP contribution in [0.1, 0.15) is 37.1 Å². The van der Waals surface area contributed by atoms with Gasteiger partial charge in [-0.1, -0.05) is 25.1 Å². The van der Waals surface area contributed by atoms with Gasteiger partial charge in [-0.25, -0.2) is 9.97 Å². The summed E-state index contributed by atoms with van der Waals surface area (Å²) in [6.45, 7) is 2.54. The fraction of sp³-hybridized carbons (Fsp3) is 0.615. The van der Waals surface area contributed by atoms with Gasteiger partial charge in [-0.3, -0.25) is 0 Å². The number of hydrogen-bond acceptors (Lipinski definition) is 5. The molecule has 2 rings (SSSR count). The van der Waals surface area contributed by atoms with Crippen molar-refractivity contribution in [1.82, 2.24) is 9.97 Å². The molecule has 19 heavy (non-hydrogen) atoms. The maximum Gasteiger partial charge on any atom is 0.226 e. The third-order valence-corrected chi connectivity index (χ3v) is 3.67. The van der Waals surface area contributed by atoms with Crippen molar-refractivity contribution in [1.29, 1.82) is 0 Å². The van der Waals surface area contributed by atoms with Crippen molar-refractivity contribution in [2.75, 3.05) is 18.1 Å². The molecular formula is C13H20N4OS. The number of aliphatic hydroxyl groups is 1. The summed E-state index contributed by atoms with van der Waals surface area (Å²) in [4.78, 5) is 11.3. The predicted molar refractivity (Wildman–Crippen MR) is 79.3 cm³/mol. The molecule has 6 heteroatoms. The Balaban J connectivity index is 2.32. The number of aryl methyl sites for hydroxylation is 1. The molecule has 1 saturated carbocycles. The van der Waals surface area contributed by atoms with E-state index in [1.807, 2.05) is 6.92 Å². The number of thiocarbonyl (C=S) groups is 1. The van der Waals surface area contributed by atoms with Crippen LogP contribution in [0.2, 0.25) is 0 Å². The highest BCUT2D eigenvalue weighted by atomic mass is 32.1. The van der Waals surface area contributed by atoms with Gasteiger partial charge < -0.3 is 15.7 Å². The first-order valence-electron chi connectivity index (χ1n) is 6.65. The average molecular weight is 280 g/mol. The zero-order valence-electron chi connectivity index (χ0n) is 11.2. The minimum absolute atomic E-state index is 0.0935. The van der Waals surface area contributed by atoms with Crippen LogP contribution in [0.15, 0.2) is 6.07 Å². The van der Waals surface area contributed by atoms with E-state index in [1.165, 1.54) is 12.8 Å². The Kier molecular flexibility index (Phi) is 4.66. The van der Waals surface area contributed by atoms with Gasteiger partial charge in [-0.15, -0.1) is 0 Å². The SMILES string of the molecule is Cc1cc(C(N)=S)nc(N(CCO)C2CCCC2)n1. The quantitative estimate of drug-likeness (QED) is 0.788. The molecule has 0 unspecified atom stereocenters. The third kappa shape index (κ3) is 3.39. The van der Waals surface area contributed by atoms with Gasteiger partial charge in [0.15, 0.2) is 0 Å². The molecule has 3 N–H and O–H groups in total. The topological polar surface area (TPSA) is 75.3 Å². The number of nitrogens with two attached hydrogens (primary N) is 1. The Morgan fingerprint density at radius 1 is 1.47 bits per heavy atom. The summed E-state index contributed by atoms with van der Waals surface area (Å²) in [5, 5.41) is 9.26. The molecule has 0 atom stereocenters. The molecule has 1 aromatic heterocycles. The smallest absolute Gasteiger partial charge is 0.226 e. The van der Waals surface area contributed by atoms with Gasteiger partial charge >= 0.3 is 0 Å². The number of aromatic nitrogens is 2. The van der Waals surface area contributed by atoms with Gasteiger partial charge in [-0.2, -0.15) is 0 Å². The molecule has 1 fully saturated rings. The monoisotopic (exact) mass is 280 g/mol. The first kappa shape index (κ1) is 14.1. The summed E-state index contributed by atoms with van der Waals surface area (Å²) in [6.07, 6.45) is 4.69. The minimum atomic E-state index is 0.0935.